The molecule has 0 saturated heterocycles. The normalized spacial score (nSPS) is 24.9. The van der Waals surface area contributed by atoms with Crippen molar-refractivity contribution >= 4 is 0 Å². The van der Waals surface area contributed by atoms with Gasteiger partial charge < -0.3 is 5.73 Å². The second kappa shape index (κ2) is 5.28. The summed E-state index contributed by atoms with van der Waals surface area (Å²) in [5.74, 6) is 0. The Kier molecular flexibility index (Phi) is 3.66. The van der Waals surface area contributed by atoms with E-state index in [1.165, 1.54) is 57.1 Å². The Morgan fingerprint density at radius 3 is 2.68 bits per heavy atom. The first-order valence-corrected chi connectivity index (χ1v) is 7.97. The fourth-order valence-corrected chi connectivity index (χ4v) is 3.88. The molecule has 2 aliphatic rings. The van der Waals surface area contributed by atoms with Crippen LogP contribution in [-0.4, -0.2) is 15.8 Å². The van der Waals surface area contributed by atoms with E-state index in [1.807, 2.05) is 0 Å². The van der Waals surface area contributed by atoms with Crippen molar-refractivity contribution in [3.63, 3.8) is 0 Å². The number of aromatic nitrogens is 2. The summed E-state index contributed by atoms with van der Waals surface area (Å²) in [6, 6.07) is 3.09. The van der Waals surface area contributed by atoms with Crippen LogP contribution in [0.15, 0.2) is 12.3 Å². The lowest BCUT2D eigenvalue weighted by molar-refractivity contribution is 0.258. The molecule has 0 aliphatic heterocycles. The van der Waals surface area contributed by atoms with E-state index in [1.54, 1.807) is 0 Å². The third-order valence-corrected chi connectivity index (χ3v) is 5.43. The van der Waals surface area contributed by atoms with Gasteiger partial charge in [0.1, 0.15) is 0 Å². The summed E-state index contributed by atoms with van der Waals surface area (Å²) in [6.45, 7) is 2.36. The molecule has 0 spiro atoms. The maximum atomic E-state index is 6.46. The van der Waals surface area contributed by atoms with E-state index in [4.69, 9.17) is 10.8 Å². The van der Waals surface area contributed by atoms with Gasteiger partial charge >= 0.3 is 0 Å². The number of hydrogen-bond acceptors (Lipinski definition) is 2. The molecule has 1 unspecified atom stereocenters. The first-order chi connectivity index (χ1) is 9.17. The van der Waals surface area contributed by atoms with Crippen LogP contribution in [0.2, 0.25) is 0 Å². The van der Waals surface area contributed by atoms with Crippen molar-refractivity contribution in [2.75, 3.05) is 0 Å². The van der Waals surface area contributed by atoms with Crippen LogP contribution in [0.3, 0.4) is 0 Å². The molecule has 2 saturated carbocycles. The van der Waals surface area contributed by atoms with Gasteiger partial charge in [-0.2, -0.15) is 5.10 Å². The van der Waals surface area contributed by atoms with Gasteiger partial charge in [-0.1, -0.05) is 32.6 Å². The molecule has 19 heavy (non-hydrogen) atoms. The van der Waals surface area contributed by atoms with Crippen LogP contribution < -0.4 is 5.73 Å². The van der Waals surface area contributed by atoms with E-state index >= 15 is 0 Å². The lowest BCUT2D eigenvalue weighted by Gasteiger charge is -2.30. The van der Waals surface area contributed by atoms with Crippen LogP contribution in [-0.2, 0) is 6.42 Å². The van der Waals surface area contributed by atoms with Crippen molar-refractivity contribution in [1.29, 1.82) is 0 Å². The van der Waals surface area contributed by atoms with E-state index < -0.39 is 0 Å². The third-order valence-electron chi connectivity index (χ3n) is 5.43. The fourth-order valence-electron chi connectivity index (χ4n) is 3.88. The van der Waals surface area contributed by atoms with Crippen LogP contribution in [0.4, 0.5) is 0 Å². The maximum Gasteiger partial charge on any atom is 0.0640 e. The number of nitrogens with two attached hydrogens (primary N) is 1. The number of rotatable bonds is 4. The highest BCUT2D eigenvalue weighted by molar-refractivity contribution is 5.05. The van der Waals surface area contributed by atoms with Crippen molar-refractivity contribution in [3.05, 3.63) is 18.0 Å². The molecule has 0 aromatic carbocycles. The van der Waals surface area contributed by atoms with E-state index in [2.05, 4.69) is 23.9 Å². The van der Waals surface area contributed by atoms with Gasteiger partial charge in [0.2, 0.25) is 0 Å². The predicted molar refractivity (Wildman–Crippen MR) is 78.0 cm³/mol. The Hall–Kier alpha value is -0.830. The lowest BCUT2D eigenvalue weighted by atomic mass is 9.79. The van der Waals surface area contributed by atoms with Gasteiger partial charge in [0.15, 0.2) is 0 Å². The maximum absolute atomic E-state index is 6.46. The van der Waals surface area contributed by atoms with Crippen molar-refractivity contribution in [2.45, 2.75) is 76.8 Å². The van der Waals surface area contributed by atoms with E-state index in [9.17, 15) is 0 Å². The average Bonchev–Trinajstić information content (AvgIpc) is 3.08. The van der Waals surface area contributed by atoms with Crippen LogP contribution >= 0.6 is 0 Å². The van der Waals surface area contributed by atoms with E-state index in [-0.39, 0.29) is 6.04 Å². The number of nitrogens with zero attached hydrogens (tertiary/aromatic N) is 2. The molecule has 1 aromatic heterocycles. The average molecular weight is 261 g/mol. The van der Waals surface area contributed by atoms with Gasteiger partial charge in [-0.15, -0.1) is 0 Å². The van der Waals surface area contributed by atoms with Crippen LogP contribution in [0, 0.1) is 5.41 Å². The molecule has 3 nitrogen and oxygen atoms in total. The monoisotopic (exact) mass is 261 g/mol. The van der Waals surface area contributed by atoms with Gasteiger partial charge in [0.05, 0.1) is 11.7 Å². The second-order valence-electron chi connectivity index (χ2n) is 6.90. The van der Waals surface area contributed by atoms with Crippen molar-refractivity contribution in [3.8, 4) is 0 Å². The molecule has 0 bridgehead atoms. The molecule has 2 fully saturated rings. The minimum Gasteiger partial charge on any atom is -0.327 e. The van der Waals surface area contributed by atoms with Gasteiger partial charge in [-0.25, -0.2) is 0 Å². The van der Waals surface area contributed by atoms with Crippen LogP contribution in [0.25, 0.3) is 0 Å². The third kappa shape index (κ3) is 2.71. The molecule has 1 aromatic rings. The van der Waals surface area contributed by atoms with Crippen LogP contribution in [0.1, 0.15) is 70.0 Å². The Morgan fingerprint density at radius 1 is 1.32 bits per heavy atom. The molecule has 3 rings (SSSR count). The van der Waals surface area contributed by atoms with Crippen LogP contribution in [0.5, 0.6) is 0 Å². The largest absolute Gasteiger partial charge is 0.327 e. The summed E-state index contributed by atoms with van der Waals surface area (Å²) in [6.07, 6.45) is 13.7. The quantitative estimate of drug-likeness (QED) is 0.902. The summed E-state index contributed by atoms with van der Waals surface area (Å²) >= 11 is 0. The Labute approximate surface area is 116 Å². The smallest absolute Gasteiger partial charge is 0.0640 e. The molecular weight excluding hydrogens is 234 g/mol. The highest BCUT2D eigenvalue weighted by Crippen LogP contribution is 2.40. The predicted octanol–water partition coefficient (Wildman–Crippen LogP) is 3.45. The molecule has 0 radical (unpaired) electrons. The van der Waals surface area contributed by atoms with Gasteiger partial charge in [0.25, 0.3) is 0 Å². The molecule has 106 valence electrons. The van der Waals surface area contributed by atoms with Gasteiger partial charge in [-0.3, -0.25) is 4.68 Å². The fraction of sp³-hybridized carbons (Fsp3) is 0.812. The zero-order valence-electron chi connectivity index (χ0n) is 12.1. The Morgan fingerprint density at radius 2 is 2.00 bits per heavy atom. The standard InChI is InChI=1S/C16H27N3/c1-16(9-4-5-10-16)15(17)12-13-8-11-19(18-13)14-6-2-3-7-14/h8,11,14-15H,2-7,9-10,12,17H2,1H3. The highest BCUT2D eigenvalue weighted by atomic mass is 15.3. The zero-order chi connectivity index (χ0) is 13.3. The summed E-state index contributed by atoms with van der Waals surface area (Å²) in [7, 11) is 0. The molecule has 2 aliphatic carbocycles. The molecule has 3 heteroatoms. The molecule has 1 heterocycles. The zero-order valence-corrected chi connectivity index (χ0v) is 12.1. The summed E-state index contributed by atoms with van der Waals surface area (Å²) in [5.41, 5.74) is 7.99. The minimum atomic E-state index is 0.266. The van der Waals surface area contributed by atoms with Crippen molar-refractivity contribution in [2.24, 2.45) is 11.1 Å². The molecule has 2 N–H and O–H groups in total. The molecular formula is C16H27N3. The topological polar surface area (TPSA) is 43.8 Å². The Bertz CT molecular complexity index is 411. The first kappa shape index (κ1) is 13.2. The summed E-state index contributed by atoms with van der Waals surface area (Å²) < 4.78 is 2.19. The second-order valence-corrected chi connectivity index (χ2v) is 6.90. The van der Waals surface area contributed by atoms with Gasteiger partial charge in [0, 0.05) is 18.7 Å². The summed E-state index contributed by atoms with van der Waals surface area (Å²) in [4.78, 5) is 0. The minimum absolute atomic E-state index is 0.266. The number of hydrogen-bond donors (Lipinski definition) is 1. The van der Waals surface area contributed by atoms with Gasteiger partial charge in [-0.05, 0) is 37.2 Å². The highest BCUT2D eigenvalue weighted by Gasteiger charge is 2.35. The molecule has 1 atom stereocenters. The lowest BCUT2D eigenvalue weighted by Crippen LogP contribution is -2.39. The molecule has 0 amide bonds. The SMILES string of the molecule is CC1(C(N)Cc2ccn(C3CCCC3)n2)CCCC1. The van der Waals surface area contributed by atoms with Crippen molar-refractivity contribution in [1.82, 2.24) is 9.78 Å². The van der Waals surface area contributed by atoms with E-state index in [0.29, 0.717) is 11.5 Å². The van der Waals surface area contributed by atoms with Crippen molar-refractivity contribution < 1.29 is 0 Å². The van der Waals surface area contributed by atoms with E-state index in [0.717, 1.165) is 6.42 Å². The first-order valence-electron chi connectivity index (χ1n) is 7.97. The summed E-state index contributed by atoms with van der Waals surface area (Å²) in [5, 5.41) is 4.77. The Balaban J connectivity index is 1.63.